The van der Waals surface area contributed by atoms with Crippen LogP contribution in [0.15, 0.2) is 24.3 Å². The summed E-state index contributed by atoms with van der Waals surface area (Å²) >= 11 is 0. The van der Waals surface area contributed by atoms with Gasteiger partial charge in [0.25, 0.3) is 0 Å². The average molecular weight is 231 g/mol. The third kappa shape index (κ3) is 2.36. The van der Waals surface area contributed by atoms with Crippen molar-refractivity contribution in [3.63, 3.8) is 0 Å². The molecule has 2 atom stereocenters. The van der Waals surface area contributed by atoms with Crippen LogP contribution in [0.4, 0.5) is 13.2 Å². The Labute approximate surface area is 91.1 Å². The number of hydrogen-bond acceptors (Lipinski definition) is 2. The molecule has 1 aliphatic rings. The highest BCUT2D eigenvalue weighted by molar-refractivity contribution is 5.27. The van der Waals surface area contributed by atoms with Crippen molar-refractivity contribution in [1.82, 2.24) is 5.32 Å². The Morgan fingerprint density at radius 3 is 2.25 bits per heavy atom. The Balaban J connectivity index is 2.14. The molecule has 1 aromatic carbocycles. The Morgan fingerprint density at radius 1 is 1.19 bits per heavy atom. The smallest absolute Gasteiger partial charge is 0.392 e. The Bertz CT molecular complexity index is 360. The SMILES string of the molecule is O[C@@H]1CN[C@H](c2ccc(C(F)(F)F)cc2)C1. The molecule has 88 valence electrons. The molecule has 0 spiro atoms. The van der Waals surface area contributed by atoms with Crippen LogP contribution in [0.5, 0.6) is 0 Å². The van der Waals surface area contributed by atoms with Gasteiger partial charge in [-0.2, -0.15) is 13.2 Å². The number of aliphatic hydroxyl groups excluding tert-OH is 1. The van der Waals surface area contributed by atoms with Crippen molar-refractivity contribution in [2.45, 2.75) is 24.7 Å². The predicted octanol–water partition coefficient (Wildman–Crippen LogP) is 2.10. The van der Waals surface area contributed by atoms with Gasteiger partial charge in [0.05, 0.1) is 11.7 Å². The number of aliphatic hydroxyl groups is 1. The van der Waals surface area contributed by atoms with Crippen LogP contribution in [0, 0.1) is 0 Å². The van der Waals surface area contributed by atoms with Gasteiger partial charge in [0, 0.05) is 12.6 Å². The first-order chi connectivity index (χ1) is 7.47. The first-order valence-corrected chi connectivity index (χ1v) is 5.05. The molecule has 2 rings (SSSR count). The Morgan fingerprint density at radius 2 is 1.81 bits per heavy atom. The quantitative estimate of drug-likeness (QED) is 0.775. The van der Waals surface area contributed by atoms with E-state index in [9.17, 15) is 18.3 Å². The lowest BCUT2D eigenvalue weighted by atomic mass is 10.0. The molecular weight excluding hydrogens is 219 g/mol. The summed E-state index contributed by atoms with van der Waals surface area (Å²) in [7, 11) is 0. The lowest BCUT2D eigenvalue weighted by Gasteiger charge is -2.12. The highest BCUT2D eigenvalue weighted by Crippen LogP contribution is 2.31. The maximum absolute atomic E-state index is 12.3. The van der Waals surface area contributed by atoms with Gasteiger partial charge in [0.15, 0.2) is 0 Å². The molecule has 0 radical (unpaired) electrons. The van der Waals surface area contributed by atoms with Gasteiger partial charge in [0.2, 0.25) is 0 Å². The summed E-state index contributed by atoms with van der Waals surface area (Å²) in [6.07, 6.45) is -4.15. The fraction of sp³-hybridized carbons (Fsp3) is 0.455. The largest absolute Gasteiger partial charge is 0.416 e. The van der Waals surface area contributed by atoms with Gasteiger partial charge in [-0.25, -0.2) is 0 Å². The third-order valence-electron chi connectivity index (χ3n) is 2.75. The van der Waals surface area contributed by atoms with Crippen molar-refractivity contribution in [3.8, 4) is 0 Å². The first kappa shape index (κ1) is 11.4. The lowest BCUT2D eigenvalue weighted by Crippen LogP contribution is -2.15. The molecule has 16 heavy (non-hydrogen) atoms. The molecule has 1 fully saturated rings. The second-order valence-electron chi connectivity index (χ2n) is 3.97. The van der Waals surface area contributed by atoms with Crippen LogP contribution in [0.1, 0.15) is 23.6 Å². The molecule has 2 nitrogen and oxygen atoms in total. The van der Waals surface area contributed by atoms with Crippen LogP contribution in [-0.2, 0) is 6.18 Å². The summed E-state index contributed by atoms with van der Waals surface area (Å²) < 4.78 is 36.9. The summed E-state index contributed by atoms with van der Waals surface area (Å²) in [4.78, 5) is 0. The molecule has 0 saturated carbocycles. The Hall–Kier alpha value is -1.07. The van der Waals surface area contributed by atoms with Crippen molar-refractivity contribution >= 4 is 0 Å². The van der Waals surface area contributed by atoms with E-state index in [0.717, 1.165) is 17.7 Å². The van der Waals surface area contributed by atoms with Crippen LogP contribution in [-0.4, -0.2) is 17.8 Å². The summed E-state index contributed by atoms with van der Waals surface area (Å²) in [6, 6.07) is 5.01. The third-order valence-corrected chi connectivity index (χ3v) is 2.75. The summed E-state index contributed by atoms with van der Waals surface area (Å²) in [5, 5.41) is 12.4. The minimum atomic E-state index is -4.29. The van der Waals surface area contributed by atoms with Crippen LogP contribution < -0.4 is 5.32 Å². The van der Waals surface area contributed by atoms with Crippen LogP contribution in [0.2, 0.25) is 0 Å². The molecule has 1 aromatic rings. The molecule has 2 N–H and O–H groups in total. The van der Waals surface area contributed by atoms with Crippen molar-refractivity contribution < 1.29 is 18.3 Å². The molecule has 5 heteroatoms. The van der Waals surface area contributed by atoms with Crippen LogP contribution >= 0.6 is 0 Å². The minimum absolute atomic E-state index is 0.0442. The van der Waals surface area contributed by atoms with Crippen molar-refractivity contribution in [3.05, 3.63) is 35.4 Å². The van der Waals surface area contributed by atoms with Gasteiger partial charge in [-0.3, -0.25) is 0 Å². The van der Waals surface area contributed by atoms with E-state index < -0.39 is 17.8 Å². The minimum Gasteiger partial charge on any atom is -0.392 e. The number of benzene rings is 1. The number of rotatable bonds is 1. The summed E-state index contributed by atoms with van der Waals surface area (Å²) in [5.74, 6) is 0. The van der Waals surface area contributed by atoms with Crippen molar-refractivity contribution in [1.29, 1.82) is 0 Å². The van der Waals surface area contributed by atoms with E-state index in [2.05, 4.69) is 5.32 Å². The van der Waals surface area contributed by atoms with Crippen LogP contribution in [0.25, 0.3) is 0 Å². The van der Waals surface area contributed by atoms with E-state index in [1.807, 2.05) is 0 Å². The predicted molar refractivity (Wildman–Crippen MR) is 52.8 cm³/mol. The molecule has 1 aliphatic heterocycles. The van der Waals surface area contributed by atoms with Gasteiger partial charge < -0.3 is 10.4 Å². The molecule has 1 saturated heterocycles. The van der Waals surface area contributed by atoms with E-state index in [1.165, 1.54) is 12.1 Å². The zero-order valence-corrected chi connectivity index (χ0v) is 8.46. The topological polar surface area (TPSA) is 32.3 Å². The molecule has 0 aliphatic carbocycles. The summed E-state index contributed by atoms with van der Waals surface area (Å²) in [6.45, 7) is 0.492. The highest BCUT2D eigenvalue weighted by atomic mass is 19.4. The first-order valence-electron chi connectivity index (χ1n) is 5.05. The molecule has 1 heterocycles. The van der Waals surface area contributed by atoms with E-state index in [-0.39, 0.29) is 6.04 Å². The average Bonchev–Trinajstić information content (AvgIpc) is 2.64. The van der Waals surface area contributed by atoms with Crippen molar-refractivity contribution in [2.24, 2.45) is 0 Å². The van der Waals surface area contributed by atoms with Gasteiger partial charge in [-0.1, -0.05) is 12.1 Å². The zero-order valence-electron chi connectivity index (χ0n) is 8.46. The maximum atomic E-state index is 12.3. The van der Waals surface area contributed by atoms with Gasteiger partial charge in [0.1, 0.15) is 0 Å². The zero-order chi connectivity index (χ0) is 11.8. The number of hydrogen-bond donors (Lipinski definition) is 2. The van der Waals surface area contributed by atoms with E-state index in [0.29, 0.717) is 13.0 Å². The monoisotopic (exact) mass is 231 g/mol. The normalized spacial score (nSPS) is 26.0. The number of nitrogens with one attached hydrogen (secondary N) is 1. The van der Waals surface area contributed by atoms with E-state index >= 15 is 0 Å². The standard InChI is InChI=1S/C11H12F3NO/c12-11(13,14)8-3-1-7(2-4-8)10-5-9(16)6-15-10/h1-4,9-10,15-16H,5-6H2/t9-,10-/m0/s1. The van der Waals surface area contributed by atoms with Crippen LogP contribution in [0.3, 0.4) is 0 Å². The fourth-order valence-electron chi connectivity index (χ4n) is 1.88. The number of halogens is 3. The lowest BCUT2D eigenvalue weighted by molar-refractivity contribution is -0.137. The molecule has 0 amide bonds. The van der Waals surface area contributed by atoms with E-state index in [4.69, 9.17) is 0 Å². The second kappa shape index (κ2) is 4.07. The van der Waals surface area contributed by atoms with Gasteiger partial charge >= 0.3 is 6.18 Å². The molecule has 0 bridgehead atoms. The fourth-order valence-corrected chi connectivity index (χ4v) is 1.88. The maximum Gasteiger partial charge on any atom is 0.416 e. The molecule has 0 unspecified atom stereocenters. The van der Waals surface area contributed by atoms with Gasteiger partial charge in [-0.05, 0) is 24.1 Å². The number of β-amino-alcohol motifs (C(OH)–C–C–N with tert-alkyl or cyclic N) is 1. The van der Waals surface area contributed by atoms with Crippen molar-refractivity contribution in [2.75, 3.05) is 6.54 Å². The Kier molecular flexibility index (Phi) is 2.90. The molecule has 0 aromatic heterocycles. The van der Waals surface area contributed by atoms with Gasteiger partial charge in [-0.15, -0.1) is 0 Å². The second-order valence-corrected chi connectivity index (χ2v) is 3.97. The van der Waals surface area contributed by atoms with E-state index in [1.54, 1.807) is 0 Å². The summed E-state index contributed by atoms with van der Waals surface area (Å²) in [5.41, 5.74) is 0.138. The highest BCUT2D eigenvalue weighted by Gasteiger charge is 2.30. The number of alkyl halides is 3. The molecular formula is C11H12F3NO.